The van der Waals surface area contributed by atoms with Crippen molar-refractivity contribution in [1.29, 1.82) is 0 Å². The number of carbonyl (C=O) groups excluding carboxylic acids is 2. The van der Waals surface area contributed by atoms with Crippen molar-refractivity contribution in [2.24, 2.45) is 0 Å². The number of esters is 2. The van der Waals surface area contributed by atoms with Gasteiger partial charge in [0.25, 0.3) is 0 Å². The fourth-order valence-electron chi connectivity index (χ4n) is 1.42. The molecule has 2 aromatic rings. The molecule has 0 fully saturated rings. The van der Waals surface area contributed by atoms with Gasteiger partial charge in [0.15, 0.2) is 17.2 Å². The predicted molar refractivity (Wildman–Crippen MR) is 66.2 cm³/mol. The van der Waals surface area contributed by atoms with E-state index < -0.39 is 11.9 Å². The van der Waals surface area contributed by atoms with Gasteiger partial charge in [-0.1, -0.05) is 0 Å². The predicted octanol–water partition coefficient (Wildman–Crippen LogP) is -0.182. The van der Waals surface area contributed by atoms with E-state index in [0.717, 1.165) is 0 Å². The molecule has 0 aliphatic rings. The molecule has 0 saturated carbocycles. The van der Waals surface area contributed by atoms with Crippen LogP contribution in [0.3, 0.4) is 0 Å². The van der Waals surface area contributed by atoms with E-state index in [1.54, 1.807) is 0 Å². The molecule has 0 atom stereocenters. The lowest BCUT2D eigenvalue weighted by Crippen LogP contribution is -2.09. The molecular weight excluding hydrogens is 266 g/mol. The molecule has 0 spiro atoms. The highest BCUT2D eigenvalue weighted by atomic mass is 16.5. The summed E-state index contributed by atoms with van der Waals surface area (Å²) in [7, 11) is 2.47. The second kappa shape index (κ2) is 5.34. The number of methoxy groups -OCH3 is 2. The van der Waals surface area contributed by atoms with E-state index in [4.69, 9.17) is 5.73 Å². The second-order valence-corrected chi connectivity index (χ2v) is 3.64. The average molecular weight is 277 g/mol. The molecule has 104 valence electrons. The molecule has 20 heavy (non-hydrogen) atoms. The first kappa shape index (κ1) is 13.5. The highest BCUT2D eigenvalue weighted by Gasteiger charge is 2.17. The van der Waals surface area contributed by atoms with E-state index in [9.17, 15) is 9.59 Å². The van der Waals surface area contributed by atoms with Gasteiger partial charge >= 0.3 is 11.9 Å². The Balaban J connectivity index is 2.33. The zero-order valence-electron chi connectivity index (χ0n) is 10.7. The first-order chi connectivity index (χ1) is 9.56. The molecule has 0 amide bonds. The Hall–Kier alpha value is -2.97. The standard InChI is InChI=1S/C11H11N5O4/c1-19-10(17)7-3-4-8(14-13-7)16-5-6(12)9(15-16)11(18)20-2/h3-5H,12H2,1-2H3. The van der Waals surface area contributed by atoms with Gasteiger partial charge in [0, 0.05) is 0 Å². The summed E-state index contributed by atoms with van der Waals surface area (Å²) in [4.78, 5) is 22.6. The second-order valence-electron chi connectivity index (χ2n) is 3.64. The van der Waals surface area contributed by atoms with E-state index in [2.05, 4.69) is 24.8 Å². The van der Waals surface area contributed by atoms with E-state index in [-0.39, 0.29) is 17.1 Å². The maximum absolute atomic E-state index is 11.4. The largest absolute Gasteiger partial charge is 0.464 e. The van der Waals surface area contributed by atoms with Crippen molar-refractivity contribution >= 4 is 17.6 Å². The fourth-order valence-corrected chi connectivity index (χ4v) is 1.42. The third-order valence-electron chi connectivity index (χ3n) is 2.40. The van der Waals surface area contributed by atoms with Gasteiger partial charge in [-0.15, -0.1) is 10.2 Å². The SMILES string of the molecule is COC(=O)c1ccc(-n2cc(N)c(C(=O)OC)n2)nn1. The lowest BCUT2D eigenvalue weighted by Gasteiger charge is -2.00. The number of hydrogen-bond acceptors (Lipinski definition) is 8. The van der Waals surface area contributed by atoms with Gasteiger partial charge in [0.1, 0.15) is 0 Å². The summed E-state index contributed by atoms with van der Waals surface area (Å²) in [6.07, 6.45) is 1.40. The van der Waals surface area contributed by atoms with Crippen LogP contribution in [0.15, 0.2) is 18.3 Å². The maximum atomic E-state index is 11.4. The zero-order valence-corrected chi connectivity index (χ0v) is 10.7. The van der Waals surface area contributed by atoms with Gasteiger partial charge in [0.2, 0.25) is 0 Å². The highest BCUT2D eigenvalue weighted by Crippen LogP contribution is 2.13. The Labute approximate surface area is 113 Å². The van der Waals surface area contributed by atoms with Crippen LogP contribution in [-0.4, -0.2) is 46.1 Å². The minimum absolute atomic E-state index is 0.0219. The third-order valence-corrected chi connectivity index (χ3v) is 2.40. The number of carbonyl (C=O) groups is 2. The fraction of sp³-hybridized carbons (Fsp3) is 0.182. The molecule has 9 nitrogen and oxygen atoms in total. The van der Waals surface area contributed by atoms with Gasteiger partial charge < -0.3 is 15.2 Å². The Morgan fingerprint density at radius 2 is 1.85 bits per heavy atom. The molecule has 0 radical (unpaired) electrons. The Morgan fingerprint density at radius 3 is 2.40 bits per heavy atom. The minimum atomic E-state index is -0.652. The Morgan fingerprint density at radius 1 is 1.15 bits per heavy atom. The monoisotopic (exact) mass is 277 g/mol. The van der Waals surface area contributed by atoms with E-state index >= 15 is 0 Å². The molecule has 9 heteroatoms. The summed E-state index contributed by atoms with van der Waals surface area (Å²) in [5.41, 5.74) is 5.84. The summed E-state index contributed by atoms with van der Waals surface area (Å²) in [5.74, 6) is -0.959. The van der Waals surface area contributed by atoms with Gasteiger partial charge in [0.05, 0.1) is 26.1 Å². The van der Waals surface area contributed by atoms with Crippen LogP contribution in [0.25, 0.3) is 5.82 Å². The van der Waals surface area contributed by atoms with Crippen molar-refractivity contribution < 1.29 is 19.1 Å². The first-order valence-electron chi connectivity index (χ1n) is 5.42. The zero-order chi connectivity index (χ0) is 14.7. The molecule has 0 aliphatic carbocycles. The van der Waals surface area contributed by atoms with Crippen LogP contribution in [0.1, 0.15) is 21.0 Å². The number of rotatable bonds is 3. The van der Waals surface area contributed by atoms with Crippen molar-refractivity contribution in [2.45, 2.75) is 0 Å². The molecule has 2 rings (SSSR count). The normalized spacial score (nSPS) is 10.1. The summed E-state index contributed by atoms with van der Waals surface area (Å²) < 4.78 is 10.3. The number of hydrogen-bond donors (Lipinski definition) is 1. The summed E-state index contributed by atoms with van der Waals surface area (Å²) in [5, 5.41) is 11.4. The number of ether oxygens (including phenoxy) is 2. The summed E-state index contributed by atoms with van der Waals surface area (Å²) >= 11 is 0. The van der Waals surface area contributed by atoms with E-state index in [1.807, 2.05) is 0 Å². The van der Waals surface area contributed by atoms with Crippen molar-refractivity contribution in [1.82, 2.24) is 20.0 Å². The highest BCUT2D eigenvalue weighted by molar-refractivity contribution is 5.92. The van der Waals surface area contributed by atoms with Gasteiger partial charge in [-0.25, -0.2) is 14.3 Å². The van der Waals surface area contributed by atoms with Crippen molar-refractivity contribution in [2.75, 3.05) is 20.0 Å². The van der Waals surface area contributed by atoms with E-state index in [1.165, 1.54) is 37.2 Å². The van der Waals surface area contributed by atoms with Crippen LogP contribution in [-0.2, 0) is 9.47 Å². The molecule has 0 aromatic carbocycles. The number of aromatic nitrogens is 4. The lowest BCUT2D eigenvalue weighted by molar-refractivity contribution is 0.0585. The molecule has 0 saturated heterocycles. The molecule has 2 N–H and O–H groups in total. The Kier molecular flexibility index (Phi) is 3.60. The number of nitrogens with two attached hydrogens (primary N) is 1. The molecule has 0 unspecified atom stereocenters. The molecule has 2 heterocycles. The van der Waals surface area contributed by atoms with Crippen LogP contribution >= 0.6 is 0 Å². The maximum Gasteiger partial charge on any atom is 0.360 e. The average Bonchev–Trinajstić information content (AvgIpc) is 2.87. The van der Waals surface area contributed by atoms with Gasteiger partial charge in [-0.3, -0.25) is 0 Å². The molecular formula is C11H11N5O4. The first-order valence-corrected chi connectivity index (χ1v) is 5.42. The summed E-state index contributed by atoms with van der Waals surface area (Å²) in [6.45, 7) is 0. The number of nitrogen functional groups attached to an aromatic ring is 1. The van der Waals surface area contributed by atoms with Crippen molar-refractivity contribution in [3.05, 3.63) is 29.7 Å². The third kappa shape index (κ3) is 2.41. The molecule has 0 bridgehead atoms. The van der Waals surface area contributed by atoms with Crippen LogP contribution in [0.4, 0.5) is 5.69 Å². The van der Waals surface area contributed by atoms with Crippen LogP contribution in [0.2, 0.25) is 0 Å². The van der Waals surface area contributed by atoms with Crippen LogP contribution in [0.5, 0.6) is 0 Å². The van der Waals surface area contributed by atoms with Crippen molar-refractivity contribution in [3.63, 3.8) is 0 Å². The molecule has 0 aliphatic heterocycles. The summed E-state index contributed by atoms with van der Waals surface area (Å²) in [6, 6.07) is 2.91. The Bertz CT molecular complexity index is 649. The smallest absolute Gasteiger partial charge is 0.360 e. The van der Waals surface area contributed by atoms with Crippen molar-refractivity contribution in [3.8, 4) is 5.82 Å². The van der Waals surface area contributed by atoms with Gasteiger partial charge in [-0.2, -0.15) is 5.10 Å². The minimum Gasteiger partial charge on any atom is -0.464 e. The van der Waals surface area contributed by atoms with Crippen LogP contribution < -0.4 is 5.73 Å². The van der Waals surface area contributed by atoms with E-state index in [0.29, 0.717) is 5.82 Å². The lowest BCUT2D eigenvalue weighted by atomic mass is 10.4. The van der Waals surface area contributed by atoms with Gasteiger partial charge in [-0.05, 0) is 12.1 Å². The number of anilines is 1. The number of nitrogens with zero attached hydrogens (tertiary/aromatic N) is 4. The quantitative estimate of drug-likeness (QED) is 0.766. The topological polar surface area (TPSA) is 122 Å². The molecule has 2 aromatic heterocycles. The van der Waals surface area contributed by atoms with Crippen LogP contribution in [0, 0.1) is 0 Å².